The van der Waals surface area contributed by atoms with Crippen LogP contribution >= 0.6 is 11.6 Å². The number of nitrogen functional groups attached to an aromatic ring is 1. The molecule has 8 nitrogen and oxygen atoms in total. The molecule has 2 heterocycles. The van der Waals surface area contributed by atoms with Crippen molar-refractivity contribution >= 4 is 33.4 Å². The maximum absolute atomic E-state index is 11.9. The molecule has 0 aliphatic heterocycles. The molecule has 2 aromatic heterocycles. The summed E-state index contributed by atoms with van der Waals surface area (Å²) >= 11 is 5.71. The van der Waals surface area contributed by atoms with Gasteiger partial charge in [0.05, 0.1) is 6.20 Å². The van der Waals surface area contributed by atoms with Crippen LogP contribution in [0.25, 0.3) is 0 Å². The van der Waals surface area contributed by atoms with E-state index in [1.54, 1.807) is 6.92 Å². The molecule has 2 aromatic rings. The largest absolute Gasteiger partial charge is 0.383 e. The number of hydrogen-bond donors (Lipinski definition) is 3. The molecule has 96 valence electrons. The Bertz CT molecular complexity index is 662. The summed E-state index contributed by atoms with van der Waals surface area (Å²) in [5.41, 5.74) is 5.97. The topological polar surface area (TPSA) is 127 Å². The first kappa shape index (κ1) is 12.6. The van der Waals surface area contributed by atoms with Gasteiger partial charge < -0.3 is 5.73 Å². The van der Waals surface area contributed by atoms with Crippen LogP contribution in [0.3, 0.4) is 0 Å². The fourth-order valence-corrected chi connectivity index (χ4v) is 2.46. The van der Waals surface area contributed by atoms with Gasteiger partial charge in [-0.2, -0.15) is 5.10 Å². The van der Waals surface area contributed by atoms with Crippen molar-refractivity contribution in [3.8, 4) is 0 Å². The first-order valence-corrected chi connectivity index (χ1v) is 6.57. The summed E-state index contributed by atoms with van der Waals surface area (Å²) in [5, 5.41) is 5.99. The molecule has 0 unspecified atom stereocenters. The Balaban J connectivity index is 2.37. The lowest BCUT2D eigenvalue weighted by Gasteiger charge is -2.06. The van der Waals surface area contributed by atoms with Crippen LogP contribution in [0, 0.1) is 6.92 Å². The van der Waals surface area contributed by atoms with Crippen molar-refractivity contribution < 1.29 is 8.42 Å². The maximum atomic E-state index is 11.9. The number of halogens is 1. The number of sulfonamides is 1. The van der Waals surface area contributed by atoms with Crippen LogP contribution in [0.2, 0.25) is 5.15 Å². The van der Waals surface area contributed by atoms with Gasteiger partial charge in [-0.1, -0.05) is 11.6 Å². The van der Waals surface area contributed by atoms with Gasteiger partial charge in [-0.15, -0.1) is 0 Å². The molecule has 0 bridgehead atoms. The number of nitrogens with two attached hydrogens (primary N) is 1. The van der Waals surface area contributed by atoms with Crippen LogP contribution in [0.15, 0.2) is 17.2 Å². The molecule has 0 saturated carbocycles. The smallest absolute Gasteiger partial charge is 0.269 e. The van der Waals surface area contributed by atoms with E-state index in [1.165, 1.54) is 6.07 Å². The van der Waals surface area contributed by atoms with Crippen LogP contribution in [0.4, 0.5) is 11.8 Å². The first-order chi connectivity index (χ1) is 8.38. The minimum Gasteiger partial charge on any atom is -0.383 e. The first-order valence-electron chi connectivity index (χ1n) is 4.71. The fraction of sp³-hybridized carbons (Fsp3) is 0.125. The van der Waals surface area contributed by atoms with E-state index in [0.717, 1.165) is 6.20 Å². The normalized spacial score (nSPS) is 11.4. The molecule has 0 amide bonds. The summed E-state index contributed by atoms with van der Waals surface area (Å²) in [4.78, 5) is 7.48. The summed E-state index contributed by atoms with van der Waals surface area (Å²) in [7, 11) is -3.89. The number of aromatic amines is 1. The van der Waals surface area contributed by atoms with Crippen molar-refractivity contribution in [3.05, 3.63) is 23.1 Å². The number of rotatable bonds is 3. The van der Waals surface area contributed by atoms with Crippen molar-refractivity contribution in [2.75, 3.05) is 10.5 Å². The number of anilines is 2. The molecule has 18 heavy (non-hydrogen) atoms. The maximum Gasteiger partial charge on any atom is 0.269 e. The Morgan fingerprint density at radius 3 is 2.72 bits per heavy atom. The Hall–Kier alpha value is -1.87. The summed E-state index contributed by atoms with van der Waals surface area (Å²) in [5.74, 6) is -0.193. The second kappa shape index (κ2) is 4.42. The predicted octanol–water partition coefficient (Wildman–Crippen LogP) is 0.545. The van der Waals surface area contributed by atoms with E-state index in [-0.39, 0.29) is 21.8 Å². The lowest BCUT2D eigenvalue weighted by Crippen LogP contribution is -2.16. The van der Waals surface area contributed by atoms with Gasteiger partial charge in [0.1, 0.15) is 15.9 Å². The van der Waals surface area contributed by atoms with Crippen LogP contribution in [0.1, 0.15) is 5.69 Å². The number of nitrogens with one attached hydrogen (secondary N) is 2. The fourth-order valence-electron chi connectivity index (χ4n) is 1.25. The molecule has 0 aliphatic rings. The molecule has 0 radical (unpaired) electrons. The van der Waals surface area contributed by atoms with Gasteiger partial charge in [-0.3, -0.25) is 5.10 Å². The van der Waals surface area contributed by atoms with Crippen LogP contribution in [-0.4, -0.2) is 28.6 Å². The Kier molecular flexibility index (Phi) is 3.09. The van der Waals surface area contributed by atoms with E-state index in [0.29, 0.717) is 5.69 Å². The minimum absolute atomic E-state index is 0.0683. The average molecular weight is 289 g/mol. The molecule has 2 rings (SSSR count). The van der Waals surface area contributed by atoms with Crippen LogP contribution < -0.4 is 10.5 Å². The number of hydrogen-bond acceptors (Lipinski definition) is 6. The average Bonchev–Trinajstić information content (AvgIpc) is 2.62. The Morgan fingerprint density at radius 1 is 1.44 bits per heavy atom. The highest BCUT2D eigenvalue weighted by Gasteiger charge is 2.20. The standard InChI is InChI=1S/C8H9ClN6O2S/c1-4-2-6(9)13-8(12-4)15-18(16,17)5-3-11-14-7(5)10/h2-3H,1H3,(H3,10,11,14)(H,12,13,15). The lowest BCUT2D eigenvalue weighted by molar-refractivity contribution is 0.601. The van der Waals surface area contributed by atoms with Gasteiger partial charge in [0.2, 0.25) is 5.95 Å². The van der Waals surface area contributed by atoms with Crippen LogP contribution in [0.5, 0.6) is 0 Å². The van der Waals surface area contributed by atoms with Crippen molar-refractivity contribution in [3.63, 3.8) is 0 Å². The number of aryl methyl sites for hydroxylation is 1. The molecule has 4 N–H and O–H groups in total. The van der Waals surface area contributed by atoms with Gasteiger partial charge in [0, 0.05) is 5.69 Å². The molecule has 0 atom stereocenters. The van der Waals surface area contributed by atoms with Gasteiger partial charge in [-0.05, 0) is 13.0 Å². The number of nitrogens with zero attached hydrogens (tertiary/aromatic N) is 3. The van der Waals surface area contributed by atoms with E-state index in [4.69, 9.17) is 17.3 Å². The summed E-state index contributed by atoms with van der Waals surface area (Å²) < 4.78 is 26.0. The Morgan fingerprint density at radius 2 is 2.17 bits per heavy atom. The zero-order valence-electron chi connectivity index (χ0n) is 9.18. The molecular formula is C8H9ClN6O2S. The SMILES string of the molecule is Cc1cc(Cl)nc(NS(=O)(=O)c2cn[nH]c2N)n1. The predicted molar refractivity (Wildman–Crippen MR) is 65.6 cm³/mol. The van der Waals surface area contributed by atoms with Crippen molar-refractivity contribution in [1.82, 2.24) is 20.2 Å². The molecular weight excluding hydrogens is 280 g/mol. The van der Waals surface area contributed by atoms with E-state index in [1.807, 2.05) is 0 Å². The molecule has 0 fully saturated rings. The Labute approximate surface area is 108 Å². The van der Waals surface area contributed by atoms with Crippen molar-refractivity contribution in [2.45, 2.75) is 11.8 Å². The van der Waals surface area contributed by atoms with E-state index in [2.05, 4.69) is 24.9 Å². The molecule has 0 aromatic carbocycles. The summed E-state index contributed by atoms with van der Waals surface area (Å²) in [6.07, 6.45) is 1.09. The molecule has 0 aliphatic carbocycles. The van der Waals surface area contributed by atoms with Gasteiger partial charge in [0.15, 0.2) is 0 Å². The molecule has 0 spiro atoms. The van der Waals surface area contributed by atoms with Gasteiger partial charge >= 0.3 is 0 Å². The zero-order chi connectivity index (χ0) is 13.3. The molecule has 0 saturated heterocycles. The third kappa shape index (κ3) is 2.51. The monoisotopic (exact) mass is 288 g/mol. The van der Waals surface area contributed by atoms with E-state index < -0.39 is 10.0 Å². The third-order valence-corrected chi connectivity index (χ3v) is 3.52. The van der Waals surface area contributed by atoms with Crippen molar-refractivity contribution in [1.29, 1.82) is 0 Å². The highest BCUT2D eigenvalue weighted by molar-refractivity contribution is 7.92. The van der Waals surface area contributed by atoms with Gasteiger partial charge in [-0.25, -0.2) is 23.1 Å². The second-order valence-electron chi connectivity index (χ2n) is 3.41. The van der Waals surface area contributed by atoms with E-state index >= 15 is 0 Å². The quantitative estimate of drug-likeness (QED) is 0.708. The van der Waals surface area contributed by atoms with Crippen LogP contribution in [-0.2, 0) is 10.0 Å². The zero-order valence-corrected chi connectivity index (χ0v) is 10.7. The second-order valence-corrected chi connectivity index (χ2v) is 5.45. The molecule has 10 heteroatoms. The van der Waals surface area contributed by atoms with E-state index in [9.17, 15) is 8.42 Å². The minimum atomic E-state index is -3.89. The summed E-state index contributed by atoms with van der Waals surface area (Å²) in [6.45, 7) is 1.66. The summed E-state index contributed by atoms with van der Waals surface area (Å²) in [6, 6.07) is 1.51. The number of H-pyrrole nitrogens is 1. The third-order valence-electron chi connectivity index (χ3n) is 1.97. The van der Waals surface area contributed by atoms with Crippen molar-refractivity contribution in [2.24, 2.45) is 0 Å². The van der Waals surface area contributed by atoms with Gasteiger partial charge in [0.25, 0.3) is 10.0 Å². The highest BCUT2D eigenvalue weighted by Crippen LogP contribution is 2.18. The highest BCUT2D eigenvalue weighted by atomic mass is 35.5. The lowest BCUT2D eigenvalue weighted by atomic mass is 10.5. The number of aromatic nitrogens is 4.